The molecule has 3 aromatic rings. The maximum Gasteiger partial charge on any atom is 0.222 e. The maximum atomic E-state index is 14.0. The van der Waals surface area contributed by atoms with Gasteiger partial charge in [0.2, 0.25) is 5.91 Å². The van der Waals surface area contributed by atoms with Gasteiger partial charge in [0.05, 0.1) is 7.11 Å². The number of allylic oxidation sites excluding steroid dienone is 4. The summed E-state index contributed by atoms with van der Waals surface area (Å²) in [7, 11) is 1.64. The third kappa shape index (κ3) is 5.72. The average molecular weight is 530 g/mol. The lowest BCUT2D eigenvalue weighted by Crippen LogP contribution is -2.49. The number of anilines is 1. The highest BCUT2D eigenvalue weighted by molar-refractivity contribution is 5.95. The molecule has 0 N–H and O–H groups in total. The quantitative estimate of drug-likeness (QED) is 0.361. The Kier molecular flexibility index (Phi) is 7.77. The molecule has 1 unspecified atom stereocenters. The number of amides is 1. The summed E-state index contributed by atoms with van der Waals surface area (Å²) >= 11 is 0. The summed E-state index contributed by atoms with van der Waals surface area (Å²) in [5.41, 5.74) is 5.68. The number of hydrogen-bond acceptors (Lipinski definition) is 4. The number of carbonyl (C=O) groups excluding carboxylic acids is 1. The topological polar surface area (TPSA) is 45.7 Å². The Labute approximate surface area is 228 Å². The molecule has 5 rings (SSSR count). The van der Waals surface area contributed by atoms with Gasteiger partial charge in [-0.2, -0.15) is 0 Å². The van der Waals surface area contributed by atoms with Crippen molar-refractivity contribution in [3.8, 4) is 5.75 Å². The normalized spacial score (nSPS) is 17.5. The minimum atomic E-state index is -0.285. The number of piperazine rings is 1. The molecule has 1 atom stereocenters. The van der Waals surface area contributed by atoms with Gasteiger partial charge in [-0.3, -0.25) is 4.79 Å². The van der Waals surface area contributed by atoms with Gasteiger partial charge in [0, 0.05) is 50.8 Å². The van der Waals surface area contributed by atoms with E-state index in [2.05, 4.69) is 22.9 Å². The van der Waals surface area contributed by atoms with Gasteiger partial charge in [-0.25, -0.2) is 13.8 Å². The highest BCUT2D eigenvalue weighted by Crippen LogP contribution is 2.44. The van der Waals surface area contributed by atoms with Crippen LogP contribution in [0.1, 0.15) is 36.5 Å². The summed E-state index contributed by atoms with van der Waals surface area (Å²) in [4.78, 5) is 21.8. The number of nitrogens with zero attached hydrogens (tertiary/aromatic N) is 3. The van der Waals surface area contributed by atoms with Crippen LogP contribution in [0.4, 0.5) is 14.6 Å². The fourth-order valence-corrected chi connectivity index (χ4v) is 5.57. The fourth-order valence-electron chi connectivity index (χ4n) is 5.57. The Balaban J connectivity index is 1.29. The van der Waals surface area contributed by atoms with E-state index < -0.39 is 0 Å². The molecule has 1 aliphatic heterocycles. The zero-order valence-corrected chi connectivity index (χ0v) is 22.6. The summed E-state index contributed by atoms with van der Waals surface area (Å²) in [6.07, 6.45) is 4.97. The van der Waals surface area contributed by atoms with Gasteiger partial charge in [0.1, 0.15) is 23.2 Å². The molecule has 7 heteroatoms. The van der Waals surface area contributed by atoms with Crippen molar-refractivity contribution >= 4 is 22.9 Å². The number of rotatable bonds is 7. The number of aryl methyl sites for hydroxylation is 1. The van der Waals surface area contributed by atoms with Crippen LogP contribution in [-0.2, 0) is 4.79 Å². The van der Waals surface area contributed by atoms with E-state index >= 15 is 0 Å². The molecule has 0 bridgehead atoms. The Morgan fingerprint density at radius 2 is 1.69 bits per heavy atom. The predicted octanol–water partition coefficient (Wildman–Crippen LogP) is 6.29. The molecule has 1 saturated heterocycles. The zero-order valence-electron chi connectivity index (χ0n) is 22.6. The van der Waals surface area contributed by atoms with E-state index in [4.69, 9.17) is 4.74 Å². The van der Waals surface area contributed by atoms with Crippen molar-refractivity contribution in [2.24, 2.45) is 5.92 Å². The Hall–Kier alpha value is -4.00. The van der Waals surface area contributed by atoms with Crippen molar-refractivity contribution in [1.29, 1.82) is 0 Å². The monoisotopic (exact) mass is 529 g/mol. The van der Waals surface area contributed by atoms with E-state index in [0.717, 1.165) is 39.4 Å². The number of benzene rings is 2. The molecule has 5 nitrogen and oxygen atoms in total. The molecule has 202 valence electrons. The standard InChI is InChI=1S/C32H33F2N3O2/c1-21-18-24(6-10-29(21)34)28-19-25(32(22(28)2)23-4-8-26(33)9-5-23)7-11-31(38)37-16-14-36(15-17-37)30-20-27(39-3)12-13-35-30/h4-6,8-10,12-13,18-20,25H,7,11,14-17H2,1-3H3. The van der Waals surface area contributed by atoms with Gasteiger partial charge in [-0.1, -0.05) is 24.3 Å². The number of pyridine rings is 1. The lowest BCUT2D eigenvalue weighted by atomic mass is 9.89. The molecule has 0 spiro atoms. The van der Waals surface area contributed by atoms with E-state index in [-0.39, 0.29) is 23.5 Å². The van der Waals surface area contributed by atoms with E-state index in [1.807, 2.05) is 23.1 Å². The lowest BCUT2D eigenvalue weighted by Gasteiger charge is -2.35. The van der Waals surface area contributed by atoms with Crippen LogP contribution in [-0.4, -0.2) is 49.1 Å². The number of hydrogen-bond donors (Lipinski definition) is 0. The third-order valence-electron chi connectivity index (χ3n) is 7.75. The summed E-state index contributed by atoms with van der Waals surface area (Å²) in [6, 6.07) is 15.4. The second kappa shape index (κ2) is 11.4. The highest BCUT2D eigenvalue weighted by atomic mass is 19.1. The van der Waals surface area contributed by atoms with Crippen molar-refractivity contribution in [2.45, 2.75) is 26.7 Å². The van der Waals surface area contributed by atoms with Crippen molar-refractivity contribution < 1.29 is 18.3 Å². The van der Waals surface area contributed by atoms with E-state index in [1.54, 1.807) is 38.4 Å². The Morgan fingerprint density at radius 3 is 2.38 bits per heavy atom. The average Bonchev–Trinajstić information content (AvgIpc) is 3.29. The van der Waals surface area contributed by atoms with Gasteiger partial charge >= 0.3 is 0 Å². The van der Waals surface area contributed by atoms with Gasteiger partial charge in [0.15, 0.2) is 0 Å². The van der Waals surface area contributed by atoms with Crippen LogP contribution in [0.15, 0.2) is 72.4 Å². The van der Waals surface area contributed by atoms with Crippen LogP contribution in [0.3, 0.4) is 0 Å². The predicted molar refractivity (Wildman–Crippen MR) is 150 cm³/mol. The molecule has 2 aromatic carbocycles. The fraction of sp³-hybridized carbons (Fsp3) is 0.312. The highest BCUT2D eigenvalue weighted by Gasteiger charge is 2.28. The van der Waals surface area contributed by atoms with Crippen LogP contribution in [0.25, 0.3) is 11.1 Å². The Bertz CT molecular complexity index is 1420. The van der Waals surface area contributed by atoms with Crippen molar-refractivity contribution in [1.82, 2.24) is 9.88 Å². The van der Waals surface area contributed by atoms with Gasteiger partial charge < -0.3 is 14.5 Å². The molecule has 1 fully saturated rings. The first-order chi connectivity index (χ1) is 18.8. The maximum absolute atomic E-state index is 14.0. The molecule has 1 amide bonds. The molecule has 2 aliphatic rings. The van der Waals surface area contributed by atoms with Crippen LogP contribution >= 0.6 is 0 Å². The van der Waals surface area contributed by atoms with Crippen molar-refractivity contribution in [3.63, 3.8) is 0 Å². The van der Waals surface area contributed by atoms with Crippen molar-refractivity contribution in [3.05, 3.63) is 101 Å². The second-order valence-corrected chi connectivity index (χ2v) is 10.2. The molecular weight excluding hydrogens is 496 g/mol. The molecular formula is C32H33F2N3O2. The summed E-state index contributed by atoms with van der Waals surface area (Å²) in [5, 5.41) is 0. The number of carbonyl (C=O) groups is 1. The smallest absolute Gasteiger partial charge is 0.222 e. The zero-order chi connectivity index (χ0) is 27.5. The van der Waals surface area contributed by atoms with Crippen LogP contribution in [0.2, 0.25) is 0 Å². The molecule has 1 aliphatic carbocycles. The van der Waals surface area contributed by atoms with E-state index in [1.165, 1.54) is 18.2 Å². The SMILES string of the molecule is COc1ccnc(N2CCN(C(=O)CCC3C=C(c4ccc(F)c(C)c4)C(C)=C3c3ccc(F)cc3)CC2)c1. The molecule has 0 radical (unpaired) electrons. The van der Waals surface area contributed by atoms with E-state index in [0.29, 0.717) is 44.6 Å². The number of halogens is 2. The lowest BCUT2D eigenvalue weighted by molar-refractivity contribution is -0.131. The first-order valence-electron chi connectivity index (χ1n) is 13.3. The molecule has 39 heavy (non-hydrogen) atoms. The Morgan fingerprint density at radius 1 is 0.974 bits per heavy atom. The summed E-state index contributed by atoms with van der Waals surface area (Å²) < 4.78 is 33.0. The third-order valence-corrected chi connectivity index (χ3v) is 7.75. The van der Waals surface area contributed by atoms with Crippen LogP contribution in [0, 0.1) is 24.5 Å². The molecule has 1 aromatic heterocycles. The molecule has 2 heterocycles. The van der Waals surface area contributed by atoms with Crippen LogP contribution < -0.4 is 9.64 Å². The first kappa shape index (κ1) is 26.6. The summed E-state index contributed by atoms with van der Waals surface area (Å²) in [5.74, 6) is 1.23. The van der Waals surface area contributed by atoms with Gasteiger partial charge in [-0.05, 0) is 84.0 Å². The first-order valence-corrected chi connectivity index (χ1v) is 13.3. The minimum absolute atomic E-state index is 0.00189. The number of methoxy groups -OCH3 is 1. The van der Waals surface area contributed by atoms with Crippen molar-refractivity contribution in [2.75, 3.05) is 38.2 Å². The van der Waals surface area contributed by atoms with Gasteiger partial charge in [-0.15, -0.1) is 0 Å². The van der Waals surface area contributed by atoms with Gasteiger partial charge in [0.25, 0.3) is 0 Å². The largest absolute Gasteiger partial charge is 0.497 e. The molecule has 0 saturated carbocycles. The van der Waals surface area contributed by atoms with E-state index in [9.17, 15) is 13.6 Å². The van der Waals surface area contributed by atoms with Crippen LogP contribution in [0.5, 0.6) is 5.75 Å². The second-order valence-electron chi connectivity index (χ2n) is 10.2. The minimum Gasteiger partial charge on any atom is -0.497 e. The summed E-state index contributed by atoms with van der Waals surface area (Å²) in [6.45, 7) is 6.51. The number of ether oxygens (including phenoxy) is 1. The number of aromatic nitrogens is 1.